The van der Waals surface area contributed by atoms with Crippen molar-refractivity contribution in [2.75, 3.05) is 26.2 Å². The predicted molar refractivity (Wildman–Crippen MR) is 109 cm³/mol. The van der Waals surface area contributed by atoms with Crippen LogP contribution >= 0.6 is 0 Å². The Labute approximate surface area is 168 Å². The van der Waals surface area contributed by atoms with Crippen LogP contribution in [0, 0.1) is 11.3 Å². The molecule has 2 aromatic carbocycles. The van der Waals surface area contributed by atoms with E-state index in [0.717, 1.165) is 31.6 Å². The average molecular weight is 399 g/mol. The molecule has 1 saturated heterocycles. The van der Waals surface area contributed by atoms with Gasteiger partial charge in [-0.2, -0.15) is 9.57 Å². The van der Waals surface area contributed by atoms with Crippen LogP contribution in [0.1, 0.15) is 42.9 Å². The number of rotatable bonds is 6. The van der Waals surface area contributed by atoms with E-state index in [1.807, 2.05) is 30.3 Å². The Balaban J connectivity index is 1.62. The van der Waals surface area contributed by atoms with E-state index < -0.39 is 10.0 Å². The van der Waals surface area contributed by atoms with Crippen LogP contribution in [0.15, 0.2) is 53.4 Å². The zero-order valence-electron chi connectivity index (χ0n) is 16.6. The molecule has 5 nitrogen and oxygen atoms in total. The third-order valence-corrected chi connectivity index (χ3v) is 7.55. The second kappa shape index (κ2) is 8.87. The van der Waals surface area contributed by atoms with Crippen LogP contribution in [0.4, 0.5) is 0 Å². The van der Waals surface area contributed by atoms with Crippen molar-refractivity contribution in [3.05, 3.63) is 65.2 Å². The van der Waals surface area contributed by atoms with Gasteiger partial charge in [-0.15, -0.1) is 0 Å². The van der Waals surface area contributed by atoms with Gasteiger partial charge in [0.25, 0.3) is 0 Å². The van der Waals surface area contributed by atoms with Crippen molar-refractivity contribution in [1.29, 1.82) is 5.26 Å². The summed E-state index contributed by atoms with van der Waals surface area (Å²) in [5, 5.41) is 9.03. The standard InChI is InChI=1S/C22H27N3O2S/c1-3-18(2)21-7-9-22(10-8-21)28(26,27)25-13-11-24(12-14-25)17-20-6-4-5-19(15-20)16-23/h4-10,15,18H,3,11-14,17H2,1-2H3/p+1/t18-/m1/s1. The Hall–Kier alpha value is -2.20. The zero-order valence-corrected chi connectivity index (χ0v) is 17.4. The second-order valence-electron chi connectivity index (χ2n) is 7.52. The van der Waals surface area contributed by atoms with Gasteiger partial charge in [0, 0.05) is 5.56 Å². The Kier molecular flexibility index (Phi) is 6.50. The quantitative estimate of drug-likeness (QED) is 0.811. The van der Waals surface area contributed by atoms with Crippen LogP contribution in [0.2, 0.25) is 0 Å². The first kappa shape index (κ1) is 20.5. The van der Waals surface area contributed by atoms with Crippen LogP contribution < -0.4 is 4.90 Å². The molecule has 1 fully saturated rings. The predicted octanol–water partition coefficient (Wildman–Crippen LogP) is 2.16. The van der Waals surface area contributed by atoms with Crippen molar-refractivity contribution < 1.29 is 13.3 Å². The Morgan fingerprint density at radius 1 is 1.14 bits per heavy atom. The van der Waals surface area contributed by atoms with Crippen LogP contribution in [0.5, 0.6) is 0 Å². The highest BCUT2D eigenvalue weighted by Crippen LogP contribution is 2.22. The summed E-state index contributed by atoms with van der Waals surface area (Å²) in [6, 6.07) is 17.2. The third kappa shape index (κ3) is 4.61. The topological polar surface area (TPSA) is 65.6 Å². The SMILES string of the molecule is CC[C@@H](C)c1ccc(S(=O)(=O)N2CC[NH+](Cc3cccc(C#N)c3)CC2)cc1. The highest BCUT2D eigenvalue weighted by Gasteiger charge is 2.30. The molecule has 1 N–H and O–H groups in total. The van der Waals surface area contributed by atoms with Crippen LogP contribution in [0.25, 0.3) is 0 Å². The minimum atomic E-state index is -3.44. The number of sulfonamides is 1. The van der Waals surface area contributed by atoms with Crippen molar-refractivity contribution in [2.45, 2.75) is 37.6 Å². The molecule has 1 heterocycles. The van der Waals surface area contributed by atoms with Crippen LogP contribution in [-0.4, -0.2) is 38.9 Å². The summed E-state index contributed by atoms with van der Waals surface area (Å²) in [6.07, 6.45) is 1.04. The van der Waals surface area contributed by atoms with E-state index >= 15 is 0 Å². The molecule has 1 aliphatic heterocycles. The molecular weight excluding hydrogens is 370 g/mol. The normalized spacial score (nSPS) is 17.2. The molecule has 0 amide bonds. The van der Waals surface area contributed by atoms with Crippen LogP contribution in [-0.2, 0) is 16.6 Å². The number of piperazine rings is 1. The molecule has 0 bridgehead atoms. The average Bonchev–Trinajstić information content (AvgIpc) is 2.74. The number of benzene rings is 2. The molecule has 2 aromatic rings. The van der Waals surface area contributed by atoms with E-state index in [4.69, 9.17) is 5.26 Å². The molecule has 6 heteroatoms. The molecule has 0 radical (unpaired) electrons. The number of hydrogen-bond acceptors (Lipinski definition) is 3. The van der Waals surface area contributed by atoms with E-state index in [1.54, 1.807) is 22.5 Å². The fourth-order valence-electron chi connectivity index (χ4n) is 3.61. The first-order valence-electron chi connectivity index (χ1n) is 9.86. The monoisotopic (exact) mass is 398 g/mol. The van der Waals surface area contributed by atoms with E-state index in [-0.39, 0.29) is 0 Å². The van der Waals surface area contributed by atoms with Gasteiger partial charge in [0.1, 0.15) is 6.54 Å². The molecule has 148 valence electrons. The molecular formula is C22H28N3O2S+. The van der Waals surface area contributed by atoms with Crippen molar-refractivity contribution in [3.8, 4) is 6.07 Å². The van der Waals surface area contributed by atoms with Gasteiger partial charge in [-0.05, 0) is 42.2 Å². The Bertz CT molecular complexity index is 940. The molecule has 0 unspecified atom stereocenters. The van der Waals surface area contributed by atoms with Gasteiger partial charge in [-0.25, -0.2) is 8.42 Å². The van der Waals surface area contributed by atoms with Crippen LogP contribution in [0.3, 0.4) is 0 Å². The number of nitriles is 1. The molecule has 0 spiro atoms. The van der Waals surface area contributed by atoms with Gasteiger partial charge >= 0.3 is 0 Å². The maximum atomic E-state index is 13.0. The largest absolute Gasteiger partial charge is 0.329 e. The zero-order chi connectivity index (χ0) is 20.1. The summed E-state index contributed by atoms with van der Waals surface area (Å²) in [5.41, 5.74) is 2.96. The minimum Gasteiger partial charge on any atom is -0.329 e. The molecule has 3 rings (SSSR count). The summed E-state index contributed by atoms with van der Waals surface area (Å²) < 4.78 is 27.5. The smallest absolute Gasteiger partial charge is 0.243 e. The van der Waals surface area contributed by atoms with Crippen molar-refractivity contribution >= 4 is 10.0 Å². The van der Waals surface area contributed by atoms with E-state index in [1.165, 1.54) is 10.5 Å². The Morgan fingerprint density at radius 2 is 1.82 bits per heavy atom. The van der Waals surface area contributed by atoms with E-state index in [9.17, 15) is 8.42 Å². The molecule has 1 atom stereocenters. The second-order valence-corrected chi connectivity index (χ2v) is 9.46. The van der Waals surface area contributed by atoms with Crippen molar-refractivity contribution in [1.82, 2.24) is 4.31 Å². The summed E-state index contributed by atoms with van der Waals surface area (Å²) in [5.74, 6) is 0.434. The van der Waals surface area contributed by atoms with Gasteiger partial charge in [0.05, 0.1) is 42.7 Å². The maximum Gasteiger partial charge on any atom is 0.243 e. The molecule has 28 heavy (non-hydrogen) atoms. The number of quaternary nitrogens is 1. The molecule has 0 aromatic heterocycles. The number of nitrogens with zero attached hydrogens (tertiary/aromatic N) is 2. The lowest BCUT2D eigenvalue weighted by molar-refractivity contribution is -0.917. The minimum absolute atomic E-state index is 0.379. The lowest BCUT2D eigenvalue weighted by Gasteiger charge is -2.31. The van der Waals surface area contributed by atoms with Gasteiger partial charge in [-0.1, -0.05) is 38.1 Å². The number of nitrogens with one attached hydrogen (secondary N) is 1. The van der Waals surface area contributed by atoms with E-state index in [0.29, 0.717) is 29.5 Å². The van der Waals surface area contributed by atoms with Crippen molar-refractivity contribution in [2.24, 2.45) is 0 Å². The van der Waals surface area contributed by atoms with Gasteiger partial charge in [0.15, 0.2) is 0 Å². The lowest BCUT2D eigenvalue weighted by atomic mass is 9.99. The highest BCUT2D eigenvalue weighted by molar-refractivity contribution is 7.89. The highest BCUT2D eigenvalue weighted by atomic mass is 32.2. The molecule has 0 saturated carbocycles. The first-order valence-corrected chi connectivity index (χ1v) is 11.3. The summed E-state index contributed by atoms with van der Waals surface area (Å²) in [4.78, 5) is 1.72. The fraction of sp³-hybridized carbons (Fsp3) is 0.409. The Morgan fingerprint density at radius 3 is 2.43 bits per heavy atom. The van der Waals surface area contributed by atoms with E-state index in [2.05, 4.69) is 19.9 Å². The molecule has 0 aliphatic carbocycles. The van der Waals surface area contributed by atoms with Crippen molar-refractivity contribution in [3.63, 3.8) is 0 Å². The number of hydrogen-bond donors (Lipinski definition) is 1. The molecule has 1 aliphatic rings. The fourth-order valence-corrected chi connectivity index (χ4v) is 5.05. The summed E-state index contributed by atoms with van der Waals surface area (Å²) in [6.45, 7) is 7.66. The van der Waals surface area contributed by atoms with Gasteiger partial charge < -0.3 is 4.90 Å². The van der Waals surface area contributed by atoms with Gasteiger partial charge in [-0.3, -0.25) is 0 Å². The summed E-state index contributed by atoms with van der Waals surface area (Å²) >= 11 is 0. The summed E-state index contributed by atoms with van der Waals surface area (Å²) in [7, 11) is -3.44. The van der Waals surface area contributed by atoms with Gasteiger partial charge in [0.2, 0.25) is 10.0 Å². The third-order valence-electron chi connectivity index (χ3n) is 5.64. The first-order chi connectivity index (χ1) is 13.4. The maximum absolute atomic E-state index is 13.0. The lowest BCUT2D eigenvalue weighted by Crippen LogP contribution is -3.13.